The Bertz CT molecular complexity index is 1200. The van der Waals surface area contributed by atoms with Crippen LogP contribution in [0.15, 0.2) is 84.9 Å². The van der Waals surface area contributed by atoms with Gasteiger partial charge < -0.3 is 18.9 Å². The van der Waals surface area contributed by atoms with Crippen LogP contribution >= 0.6 is 0 Å². The summed E-state index contributed by atoms with van der Waals surface area (Å²) in [5, 5.41) is 2.05. The largest absolute Gasteiger partial charge is 0.489 e. The fourth-order valence-electron chi connectivity index (χ4n) is 3.46. The first-order chi connectivity index (χ1) is 15.7. The van der Waals surface area contributed by atoms with Gasteiger partial charge in [-0.1, -0.05) is 48.5 Å². The van der Waals surface area contributed by atoms with Crippen molar-refractivity contribution in [3.63, 3.8) is 0 Å². The molecule has 0 aliphatic carbocycles. The summed E-state index contributed by atoms with van der Waals surface area (Å²) in [6, 6.07) is 27.3. The third kappa shape index (κ3) is 4.90. The number of rotatable bonds is 8. The SMILES string of the molecule is COCOc1cc2cc(OCc3ccccc3)ccc2cc1-c1ccc(C(=O)OC)cc1. The first-order valence-corrected chi connectivity index (χ1v) is 10.2. The Morgan fingerprint density at radius 3 is 2.28 bits per heavy atom. The van der Waals surface area contributed by atoms with Crippen molar-refractivity contribution in [1.82, 2.24) is 0 Å². The lowest BCUT2D eigenvalue weighted by Crippen LogP contribution is -2.02. The lowest BCUT2D eigenvalue weighted by Gasteiger charge is -2.14. The summed E-state index contributed by atoms with van der Waals surface area (Å²) in [5.74, 6) is 1.11. The summed E-state index contributed by atoms with van der Waals surface area (Å²) < 4.78 is 21.7. The Labute approximate surface area is 187 Å². The number of carbonyl (C=O) groups excluding carboxylic acids is 1. The van der Waals surface area contributed by atoms with Crippen LogP contribution in [0.5, 0.6) is 11.5 Å². The summed E-state index contributed by atoms with van der Waals surface area (Å²) in [5.41, 5.74) is 3.44. The van der Waals surface area contributed by atoms with E-state index in [1.807, 2.05) is 66.7 Å². The summed E-state index contributed by atoms with van der Waals surface area (Å²) in [7, 11) is 2.95. The zero-order valence-corrected chi connectivity index (χ0v) is 18.0. The highest BCUT2D eigenvalue weighted by molar-refractivity contribution is 5.93. The number of fused-ring (bicyclic) bond motifs is 1. The van der Waals surface area contributed by atoms with Crippen LogP contribution in [0.1, 0.15) is 15.9 Å². The molecule has 0 aliphatic heterocycles. The van der Waals surface area contributed by atoms with Gasteiger partial charge in [-0.3, -0.25) is 0 Å². The summed E-state index contributed by atoms with van der Waals surface area (Å²) in [4.78, 5) is 11.7. The molecule has 32 heavy (non-hydrogen) atoms. The van der Waals surface area contributed by atoms with Crippen molar-refractivity contribution in [3.05, 3.63) is 96.1 Å². The number of hydrogen-bond acceptors (Lipinski definition) is 5. The minimum absolute atomic E-state index is 0.128. The molecule has 4 aromatic rings. The first-order valence-electron chi connectivity index (χ1n) is 10.2. The molecule has 5 heteroatoms. The summed E-state index contributed by atoms with van der Waals surface area (Å²) in [6.45, 7) is 0.632. The maximum atomic E-state index is 11.7. The molecule has 0 saturated carbocycles. The molecule has 4 aromatic carbocycles. The highest BCUT2D eigenvalue weighted by atomic mass is 16.7. The Morgan fingerprint density at radius 2 is 1.56 bits per heavy atom. The second kappa shape index (κ2) is 9.98. The van der Waals surface area contributed by atoms with E-state index in [4.69, 9.17) is 18.9 Å². The smallest absolute Gasteiger partial charge is 0.337 e. The first kappa shape index (κ1) is 21.4. The summed E-state index contributed by atoms with van der Waals surface area (Å²) >= 11 is 0. The Kier molecular flexibility index (Phi) is 6.68. The predicted octanol–water partition coefficient (Wildman–Crippen LogP) is 5.86. The van der Waals surface area contributed by atoms with E-state index < -0.39 is 0 Å². The number of ether oxygens (including phenoxy) is 4. The van der Waals surface area contributed by atoms with E-state index >= 15 is 0 Å². The Balaban J connectivity index is 1.65. The third-order valence-electron chi connectivity index (χ3n) is 5.11. The molecule has 0 aromatic heterocycles. The topological polar surface area (TPSA) is 54.0 Å². The Hall–Kier alpha value is -3.83. The van der Waals surface area contributed by atoms with Crippen LogP contribution in [0, 0.1) is 0 Å². The van der Waals surface area contributed by atoms with E-state index in [1.165, 1.54) is 7.11 Å². The van der Waals surface area contributed by atoms with Gasteiger partial charge in [0.25, 0.3) is 0 Å². The van der Waals surface area contributed by atoms with Crippen LogP contribution in [0.2, 0.25) is 0 Å². The van der Waals surface area contributed by atoms with Crippen molar-refractivity contribution in [1.29, 1.82) is 0 Å². The van der Waals surface area contributed by atoms with E-state index in [2.05, 4.69) is 6.07 Å². The van der Waals surface area contributed by atoms with Gasteiger partial charge >= 0.3 is 5.97 Å². The zero-order chi connectivity index (χ0) is 22.3. The standard InChI is InChI=1S/C27H24O5/c1-29-18-32-26-16-23-14-24(31-17-19-6-4-3-5-7-19)13-12-22(23)15-25(26)20-8-10-21(11-9-20)27(28)30-2/h3-16H,17-18H2,1-2H3. The summed E-state index contributed by atoms with van der Waals surface area (Å²) in [6.07, 6.45) is 0. The van der Waals surface area contributed by atoms with Crippen LogP contribution < -0.4 is 9.47 Å². The molecule has 4 rings (SSSR count). The second-order valence-electron chi connectivity index (χ2n) is 7.25. The fourth-order valence-corrected chi connectivity index (χ4v) is 3.46. The van der Waals surface area contributed by atoms with Gasteiger partial charge in [-0.15, -0.1) is 0 Å². The predicted molar refractivity (Wildman–Crippen MR) is 124 cm³/mol. The van der Waals surface area contributed by atoms with Crippen molar-refractivity contribution < 1.29 is 23.7 Å². The van der Waals surface area contributed by atoms with E-state index in [0.29, 0.717) is 17.9 Å². The van der Waals surface area contributed by atoms with Gasteiger partial charge in [-0.05, 0) is 58.3 Å². The molecule has 0 heterocycles. The van der Waals surface area contributed by atoms with Crippen molar-refractivity contribution in [3.8, 4) is 22.6 Å². The highest BCUT2D eigenvalue weighted by Crippen LogP contribution is 2.36. The van der Waals surface area contributed by atoms with E-state index in [1.54, 1.807) is 19.2 Å². The van der Waals surface area contributed by atoms with Gasteiger partial charge in [0.15, 0.2) is 6.79 Å². The normalized spacial score (nSPS) is 10.7. The van der Waals surface area contributed by atoms with Gasteiger partial charge in [0.05, 0.1) is 12.7 Å². The molecular formula is C27H24O5. The second-order valence-corrected chi connectivity index (χ2v) is 7.25. The highest BCUT2D eigenvalue weighted by Gasteiger charge is 2.12. The minimum atomic E-state index is -0.367. The van der Waals surface area contributed by atoms with Crippen LogP contribution in [-0.4, -0.2) is 27.0 Å². The molecule has 162 valence electrons. The van der Waals surface area contributed by atoms with E-state index in [-0.39, 0.29) is 12.8 Å². The average Bonchev–Trinajstić information content (AvgIpc) is 2.85. The number of carbonyl (C=O) groups is 1. The lowest BCUT2D eigenvalue weighted by atomic mass is 9.99. The molecule has 0 N–H and O–H groups in total. The van der Waals surface area contributed by atoms with Gasteiger partial charge in [0.1, 0.15) is 18.1 Å². The molecule has 5 nitrogen and oxygen atoms in total. The van der Waals surface area contributed by atoms with E-state index in [9.17, 15) is 4.79 Å². The molecule has 0 unspecified atom stereocenters. The molecule has 0 amide bonds. The van der Waals surface area contributed by atoms with E-state index in [0.717, 1.165) is 33.2 Å². The maximum absolute atomic E-state index is 11.7. The van der Waals surface area contributed by atoms with Crippen LogP contribution in [-0.2, 0) is 16.1 Å². The quantitative estimate of drug-likeness (QED) is 0.260. The fraction of sp³-hybridized carbons (Fsp3) is 0.148. The van der Waals surface area contributed by atoms with Gasteiger partial charge in [-0.2, -0.15) is 0 Å². The number of benzene rings is 4. The molecule has 0 radical (unpaired) electrons. The molecule has 0 bridgehead atoms. The maximum Gasteiger partial charge on any atom is 0.337 e. The minimum Gasteiger partial charge on any atom is -0.489 e. The van der Waals surface area contributed by atoms with Crippen LogP contribution in [0.3, 0.4) is 0 Å². The molecule has 0 aliphatic rings. The van der Waals surface area contributed by atoms with Crippen molar-refractivity contribution in [2.24, 2.45) is 0 Å². The molecular weight excluding hydrogens is 404 g/mol. The Morgan fingerprint density at radius 1 is 0.781 bits per heavy atom. The molecule has 0 spiro atoms. The number of hydrogen-bond donors (Lipinski definition) is 0. The molecule has 0 saturated heterocycles. The average molecular weight is 428 g/mol. The lowest BCUT2D eigenvalue weighted by molar-refractivity contribution is 0.0516. The number of esters is 1. The third-order valence-corrected chi connectivity index (χ3v) is 5.11. The molecule has 0 fully saturated rings. The van der Waals surface area contributed by atoms with Gasteiger partial charge in [0, 0.05) is 12.7 Å². The van der Waals surface area contributed by atoms with Crippen molar-refractivity contribution in [2.45, 2.75) is 6.61 Å². The van der Waals surface area contributed by atoms with Gasteiger partial charge in [0.2, 0.25) is 0 Å². The number of methoxy groups -OCH3 is 2. The monoisotopic (exact) mass is 428 g/mol. The van der Waals surface area contributed by atoms with Crippen molar-refractivity contribution >= 4 is 16.7 Å². The van der Waals surface area contributed by atoms with Gasteiger partial charge in [-0.25, -0.2) is 4.79 Å². The zero-order valence-electron chi connectivity index (χ0n) is 18.0. The molecule has 0 atom stereocenters. The van der Waals surface area contributed by atoms with Crippen molar-refractivity contribution in [2.75, 3.05) is 21.0 Å². The van der Waals surface area contributed by atoms with Crippen LogP contribution in [0.4, 0.5) is 0 Å². The van der Waals surface area contributed by atoms with Crippen LogP contribution in [0.25, 0.3) is 21.9 Å².